The van der Waals surface area contributed by atoms with Crippen molar-refractivity contribution in [1.29, 1.82) is 0 Å². The lowest BCUT2D eigenvalue weighted by atomic mass is 9.93. The number of nitrogens with one attached hydrogen (secondary N) is 2. The number of H-pyrrole nitrogens is 1. The molecule has 0 bridgehead atoms. The maximum atomic E-state index is 13.0. The molecule has 3 N–H and O–H groups in total. The summed E-state index contributed by atoms with van der Waals surface area (Å²) in [7, 11) is 0. The number of carbonyl (C=O) groups is 2. The van der Waals surface area contributed by atoms with Crippen molar-refractivity contribution in [2.24, 2.45) is 0 Å². The van der Waals surface area contributed by atoms with Crippen LogP contribution < -0.4 is 10.1 Å². The normalized spacial score (nSPS) is 16.5. The number of carbonyl (C=O) groups excluding carboxylic acids is 1. The molecule has 1 fully saturated rings. The number of benzene rings is 2. The summed E-state index contributed by atoms with van der Waals surface area (Å²) in [5.74, 6) is -1.23. The van der Waals surface area contributed by atoms with Crippen molar-refractivity contribution >= 4 is 22.9 Å². The van der Waals surface area contributed by atoms with Gasteiger partial charge in [0, 0.05) is 48.9 Å². The van der Waals surface area contributed by atoms with E-state index in [4.69, 9.17) is 4.74 Å². The number of amides is 2. The standard InChI is InChI=1S/C24H26FN3O4/c1-15(20-14-26-21-5-3-2-4-19(20)21)22(23(29)30)27-24(31)28-12-10-18(11-13-28)32-17-8-6-16(25)7-9-17/h2-9,14-15,18,22,26H,10-13H2,1H3,(H,27,31)(H,29,30)/t15-,22+/m0/s1. The quantitative estimate of drug-likeness (QED) is 0.539. The molecule has 4 rings (SSSR count). The zero-order valence-electron chi connectivity index (χ0n) is 17.8. The van der Waals surface area contributed by atoms with Crippen LogP contribution in [0.2, 0.25) is 0 Å². The van der Waals surface area contributed by atoms with Gasteiger partial charge in [0.1, 0.15) is 23.7 Å². The van der Waals surface area contributed by atoms with E-state index >= 15 is 0 Å². The van der Waals surface area contributed by atoms with E-state index in [-0.39, 0.29) is 11.9 Å². The molecule has 2 amide bonds. The SMILES string of the molecule is C[C@@H](c1c[nH]c2ccccc12)[C@@H](NC(=O)N1CCC(Oc2ccc(F)cc2)CC1)C(=O)O. The van der Waals surface area contributed by atoms with Crippen molar-refractivity contribution in [1.82, 2.24) is 15.2 Å². The molecule has 0 radical (unpaired) electrons. The molecule has 2 aromatic carbocycles. The second kappa shape index (κ2) is 9.30. The molecule has 1 saturated heterocycles. The van der Waals surface area contributed by atoms with Gasteiger partial charge in [-0.15, -0.1) is 0 Å². The van der Waals surface area contributed by atoms with E-state index in [1.807, 2.05) is 24.3 Å². The first-order valence-corrected chi connectivity index (χ1v) is 10.7. The molecule has 32 heavy (non-hydrogen) atoms. The number of urea groups is 1. The summed E-state index contributed by atoms with van der Waals surface area (Å²) in [6.45, 7) is 2.70. The molecule has 3 aromatic rings. The Labute approximate surface area is 185 Å². The number of hydrogen-bond donors (Lipinski definition) is 3. The van der Waals surface area contributed by atoms with Gasteiger partial charge in [-0.1, -0.05) is 25.1 Å². The van der Waals surface area contributed by atoms with Crippen molar-refractivity contribution in [2.45, 2.75) is 37.8 Å². The first-order valence-electron chi connectivity index (χ1n) is 10.7. The number of para-hydroxylation sites is 1. The Morgan fingerprint density at radius 2 is 1.84 bits per heavy atom. The molecule has 2 heterocycles. The fraction of sp³-hybridized carbons (Fsp3) is 0.333. The lowest BCUT2D eigenvalue weighted by molar-refractivity contribution is -0.139. The highest BCUT2D eigenvalue weighted by Gasteiger charge is 2.32. The van der Waals surface area contributed by atoms with Gasteiger partial charge in [-0.2, -0.15) is 0 Å². The number of ether oxygens (including phenoxy) is 1. The first kappa shape index (κ1) is 21.7. The van der Waals surface area contributed by atoms with E-state index in [9.17, 15) is 19.1 Å². The van der Waals surface area contributed by atoms with Crippen LogP contribution in [0, 0.1) is 5.82 Å². The Hall–Kier alpha value is -3.55. The highest BCUT2D eigenvalue weighted by atomic mass is 19.1. The fourth-order valence-electron chi connectivity index (χ4n) is 4.16. The fourth-order valence-corrected chi connectivity index (χ4v) is 4.16. The van der Waals surface area contributed by atoms with Gasteiger partial charge in [0.25, 0.3) is 0 Å². The Kier molecular flexibility index (Phi) is 6.30. The number of fused-ring (bicyclic) bond motifs is 1. The van der Waals surface area contributed by atoms with E-state index in [0.29, 0.717) is 31.7 Å². The number of carboxylic acids is 1. The topological polar surface area (TPSA) is 94.7 Å². The molecule has 0 saturated carbocycles. The van der Waals surface area contributed by atoms with Crippen LogP contribution >= 0.6 is 0 Å². The average molecular weight is 439 g/mol. The number of nitrogens with zero attached hydrogens (tertiary/aromatic N) is 1. The van der Waals surface area contributed by atoms with Crippen LogP contribution in [0.5, 0.6) is 5.75 Å². The highest BCUT2D eigenvalue weighted by Crippen LogP contribution is 2.28. The van der Waals surface area contributed by atoms with Crippen molar-refractivity contribution in [3.8, 4) is 5.75 Å². The number of aliphatic carboxylic acids is 1. The molecule has 7 nitrogen and oxygen atoms in total. The summed E-state index contributed by atoms with van der Waals surface area (Å²) < 4.78 is 18.9. The van der Waals surface area contributed by atoms with E-state index in [0.717, 1.165) is 16.5 Å². The second-order valence-corrected chi connectivity index (χ2v) is 8.10. The van der Waals surface area contributed by atoms with Crippen molar-refractivity contribution in [3.05, 3.63) is 66.1 Å². The number of halogens is 1. The van der Waals surface area contributed by atoms with Gasteiger partial charge in [-0.3, -0.25) is 0 Å². The third kappa shape index (κ3) is 4.69. The predicted molar refractivity (Wildman–Crippen MR) is 118 cm³/mol. The lowest BCUT2D eigenvalue weighted by Gasteiger charge is -2.33. The minimum absolute atomic E-state index is 0.0788. The summed E-state index contributed by atoms with van der Waals surface area (Å²) in [6, 6.07) is 12.1. The highest BCUT2D eigenvalue weighted by molar-refractivity contribution is 5.87. The summed E-state index contributed by atoms with van der Waals surface area (Å²) in [4.78, 5) is 29.6. The maximum Gasteiger partial charge on any atom is 0.326 e. The van der Waals surface area contributed by atoms with E-state index < -0.39 is 24.0 Å². The van der Waals surface area contributed by atoms with Crippen LogP contribution in [0.4, 0.5) is 9.18 Å². The van der Waals surface area contributed by atoms with Crippen LogP contribution in [-0.2, 0) is 4.79 Å². The van der Waals surface area contributed by atoms with Gasteiger partial charge in [0.05, 0.1) is 0 Å². The number of piperidine rings is 1. The molecule has 0 aliphatic carbocycles. The molecule has 1 aromatic heterocycles. The monoisotopic (exact) mass is 439 g/mol. The van der Waals surface area contributed by atoms with Gasteiger partial charge in [-0.05, 0) is 35.9 Å². The third-order valence-corrected chi connectivity index (χ3v) is 6.00. The zero-order valence-corrected chi connectivity index (χ0v) is 17.8. The Balaban J connectivity index is 1.36. The largest absolute Gasteiger partial charge is 0.490 e. The minimum Gasteiger partial charge on any atom is -0.490 e. The van der Waals surface area contributed by atoms with Crippen LogP contribution in [0.3, 0.4) is 0 Å². The number of aromatic amines is 1. The third-order valence-electron chi connectivity index (χ3n) is 6.00. The Bertz CT molecular complexity index is 1090. The first-order chi connectivity index (χ1) is 15.4. The van der Waals surface area contributed by atoms with Gasteiger partial charge in [0.2, 0.25) is 0 Å². The molecular weight excluding hydrogens is 413 g/mol. The van der Waals surface area contributed by atoms with Gasteiger partial charge >= 0.3 is 12.0 Å². The van der Waals surface area contributed by atoms with E-state index in [1.54, 1.807) is 30.2 Å². The molecule has 1 aliphatic rings. The molecule has 2 atom stereocenters. The van der Waals surface area contributed by atoms with Gasteiger partial charge in [0.15, 0.2) is 0 Å². The van der Waals surface area contributed by atoms with Crippen molar-refractivity contribution in [2.75, 3.05) is 13.1 Å². The zero-order chi connectivity index (χ0) is 22.7. The predicted octanol–water partition coefficient (Wildman–Crippen LogP) is 4.12. The molecule has 1 aliphatic heterocycles. The van der Waals surface area contributed by atoms with Crippen LogP contribution in [0.1, 0.15) is 31.2 Å². The molecule has 0 unspecified atom stereocenters. The summed E-state index contributed by atoms with van der Waals surface area (Å²) in [6.07, 6.45) is 2.95. The summed E-state index contributed by atoms with van der Waals surface area (Å²) >= 11 is 0. The van der Waals surface area contributed by atoms with E-state index in [1.165, 1.54) is 12.1 Å². The molecule has 168 valence electrons. The van der Waals surface area contributed by atoms with Crippen LogP contribution in [0.15, 0.2) is 54.7 Å². The Morgan fingerprint density at radius 3 is 2.53 bits per heavy atom. The second-order valence-electron chi connectivity index (χ2n) is 8.10. The summed E-state index contributed by atoms with van der Waals surface area (Å²) in [5.41, 5.74) is 1.77. The number of rotatable bonds is 6. The lowest BCUT2D eigenvalue weighted by Crippen LogP contribution is -2.52. The van der Waals surface area contributed by atoms with Crippen molar-refractivity contribution in [3.63, 3.8) is 0 Å². The summed E-state index contributed by atoms with van der Waals surface area (Å²) in [5, 5.41) is 13.4. The Morgan fingerprint density at radius 1 is 1.16 bits per heavy atom. The number of aromatic nitrogens is 1. The number of hydrogen-bond acceptors (Lipinski definition) is 3. The van der Waals surface area contributed by atoms with Crippen LogP contribution in [0.25, 0.3) is 10.9 Å². The van der Waals surface area contributed by atoms with Gasteiger partial charge < -0.3 is 25.0 Å². The molecule has 8 heteroatoms. The van der Waals surface area contributed by atoms with Crippen LogP contribution in [-0.4, -0.2) is 52.2 Å². The van der Waals surface area contributed by atoms with Gasteiger partial charge in [-0.25, -0.2) is 14.0 Å². The number of carboxylic acid groups (broad SMARTS) is 1. The van der Waals surface area contributed by atoms with E-state index in [2.05, 4.69) is 10.3 Å². The molecule has 0 spiro atoms. The number of likely N-dealkylation sites (tertiary alicyclic amines) is 1. The average Bonchev–Trinajstić information content (AvgIpc) is 3.23. The molecular formula is C24H26FN3O4. The minimum atomic E-state index is -1.08. The maximum absolute atomic E-state index is 13.0. The smallest absolute Gasteiger partial charge is 0.326 e. The van der Waals surface area contributed by atoms with Crippen molar-refractivity contribution < 1.29 is 23.8 Å².